The summed E-state index contributed by atoms with van der Waals surface area (Å²) in [6.07, 6.45) is 2.05. The quantitative estimate of drug-likeness (QED) is 0.714. The highest BCUT2D eigenvalue weighted by molar-refractivity contribution is 5.99. The van der Waals surface area contributed by atoms with Crippen molar-refractivity contribution in [3.8, 4) is 0 Å². The highest BCUT2D eigenvalue weighted by Gasteiger charge is 2.21. The van der Waals surface area contributed by atoms with Crippen LogP contribution >= 0.6 is 24.8 Å². The van der Waals surface area contributed by atoms with Gasteiger partial charge in [-0.2, -0.15) is 0 Å². The molecule has 0 aliphatic carbocycles. The molecule has 7 nitrogen and oxygen atoms in total. The van der Waals surface area contributed by atoms with Crippen LogP contribution in [0, 0.1) is 0 Å². The average Bonchev–Trinajstić information content (AvgIpc) is 2.69. The lowest BCUT2D eigenvalue weighted by molar-refractivity contribution is -0.131. The van der Waals surface area contributed by atoms with Crippen molar-refractivity contribution in [2.24, 2.45) is 0 Å². The van der Waals surface area contributed by atoms with Gasteiger partial charge in [-0.3, -0.25) is 9.59 Å². The fourth-order valence-corrected chi connectivity index (χ4v) is 2.97. The van der Waals surface area contributed by atoms with Gasteiger partial charge >= 0.3 is 0 Å². The Hall–Kier alpha value is -2.51. The van der Waals surface area contributed by atoms with Gasteiger partial charge in [-0.05, 0) is 24.3 Å². The summed E-state index contributed by atoms with van der Waals surface area (Å²) in [6, 6.07) is 12.7. The van der Waals surface area contributed by atoms with E-state index in [9.17, 15) is 9.59 Å². The Bertz CT molecular complexity index is 768. The Morgan fingerprint density at radius 3 is 2.32 bits per heavy atom. The topological polar surface area (TPSA) is 91.6 Å². The van der Waals surface area contributed by atoms with Crippen molar-refractivity contribution in [1.82, 2.24) is 15.2 Å². The van der Waals surface area contributed by atoms with Gasteiger partial charge in [0, 0.05) is 51.0 Å². The Morgan fingerprint density at radius 2 is 1.68 bits per heavy atom. The van der Waals surface area contributed by atoms with Crippen molar-refractivity contribution in [2.45, 2.75) is 6.42 Å². The summed E-state index contributed by atoms with van der Waals surface area (Å²) in [6.45, 7) is 3.14. The predicted octanol–water partition coefficient (Wildman–Crippen LogP) is 1.98. The molecule has 1 saturated heterocycles. The van der Waals surface area contributed by atoms with E-state index < -0.39 is 0 Å². The maximum Gasteiger partial charge on any atom is 0.253 e. The van der Waals surface area contributed by atoms with Crippen LogP contribution in [0.4, 0.5) is 11.5 Å². The molecule has 1 aromatic heterocycles. The second-order valence-corrected chi connectivity index (χ2v) is 6.15. The van der Waals surface area contributed by atoms with Crippen LogP contribution in [0.5, 0.6) is 0 Å². The standard InChI is InChI=1S/C19H23N5O2.2ClH/c20-16-6-2-1-5-15(16)19(26)22-10-8-18(25)24-13-11-23(12-14-24)17-7-3-4-9-21-17;;/h1-7,9H,8,10-14,20H2,(H,22,26);2*1H. The summed E-state index contributed by atoms with van der Waals surface area (Å²) >= 11 is 0. The van der Waals surface area contributed by atoms with Crippen LogP contribution in [-0.4, -0.2) is 54.4 Å². The molecule has 3 N–H and O–H groups in total. The van der Waals surface area contributed by atoms with E-state index in [2.05, 4.69) is 15.2 Å². The molecule has 9 heteroatoms. The number of pyridine rings is 1. The van der Waals surface area contributed by atoms with Gasteiger partial charge in [-0.1, -0.05) is 18.2 Å². The molecule has 1 fully saturated rings. The molecule has 0 spiro atoms. The summed E-state index contributed by atoms with van der Waals surface area (Å²) in [5, 5.41) is 2.76. The first-order valence-electron chi connectivity index (χ1n) is 8.71. The summed E-state index contributed by atoms with van der Waals surface area (Å²) in [7, 11) is 0. The number of anilines is 2. The lowest BCUT2D eigenvalue weighted by Gasteiger charge is -2.35. The second-order valence-electron chi connectivity index (χ2n) is 6.15. The van der Waals surface area contributed by atoms with Gasteiger partial charge in [0.25, 0.3) is 5.91 Å². The fourth-order valence-electron chi connectivity index (χ4n) is 2.97. The number of rotatable bonds is 5. The molecule has 2 aromatic rings. The zero-order valence-corrected chi connectivity index (χ0v) is 17.0. The van der Waals surface area contributed by atoms with E-state index in [-0.39, 0.29) is 43.0 Å². The Morgan fingerprint density at radius 1 is 1.00 bits per heavy atom. The van der Waals surface area contributed by atoms with E-state index in [1.54, 1.807) is 30.5 Å². The van der Waals surface area contributed by atoms with Crippen molar-refractivity contribution in [2.75, 3.05) is 43.4 Å². The summed E-state index contributed by atoms with van der Waals surface area (Å²) in [5.41, 5.74) is 6.65. The maximum absolute atomic E-state index is 12.3. The third-order valence-corrected chi connectivity index (χ3v) is 4.44. The number of nitrogens with zero attached hydrogens (tertiary/aromatic N) is 3. The van der Waals surface area contributed by atoms with Crippen molar-refractivity contribution in [1.29, 1.82) is 0 Å². The van der Waals surface area contributed by atoms with E-state index >= 15 is 0 Å². The molecule has 3 rings (SSSR count). The molecule has 1 aliphatic heterocycles. The molecule has 0 atom stereocenters. The molecule has 28 heavy (non-hydrogen) atoms. The minimum atomic E-state index is -0.254. The SMILES string of the molecule is Cl.Cl.Nc1ccccc1C(=O)NCCC(=O)N1CCN(c2ccccn2)CC1. The molecule has 1 aliphatic rings. The van der Waals surface area contributed by atoms with Crippen LogP contribution in [0.1, 0.15) is 16.8 Å². The zero-order chi connectivity index (χ0) is 18.4. The highest BCUT2D eigenvalue weighted by Crippen LogP contribution is 2.13. The number of benzene rings is 1. The van der Waals surface area contributed by atoms with Crippen LogP contribution in [0.3, 0.4) is 0 Å². The number of nitrogens with two attached hydrogens (primary N) is 1. The molecular weight excluding hydrogens is 401 g/mol. The predicted molar refractivity (Wildman–Crippen MR) is 115 cm³/mol. The highest BCUT2D eigenvalue weighted by atomic mass is 35.5. The lowest BCUT2D eigenvalue weighted by Crippen LogP contribution is -2.49. The minimum absolute atomic E-state index is 0. The monoisotopic (exact) mass is 425 g/mol. The maximum atomic E-state index is 12.3. The van der Waals surface area contributed by atoms with Crippen LogP contribution in [0.2, 0.25) is 0 Å². The number of carbonyl (C=O) groups is 2. The van der Waals surface area contributed by atoms with E-state index in [4.69, 9.17) is 5.73 Å². The number of nitrogens with one attached hydrogen (secondary N) is 1. The number of hydrogen-bond donors (Lipinski definition) is 2. The van der Waals surface area contributed by atoms with Gasteiger partial charge < -0.3 is 20.9 Å². The first-order chi connectivity index (χ1) is 12.6. The normalized spacial score (nSPS) is 13.1. The van der Waals surface area contributed by atoms with E-state index in [1.165, 1.54) is 0 Å². The van der Waals surface area contributed by atoms with Crippen LogP contribution < -0.4 is 16.0 Å². The summed E-state index contributed by atoms with van der Waals surface area (Å²) < 4.78 is 0. The fraction of sp³-hybridized carbons (Fsp3) is 0.316. The van der Waals surface area contributed by atoms with Gasteiger partial charge in [0.1, 0.15) is 5.82 Å². The number of aromatic nitrogens is 1. The number of hydrogen-bond acceptors (Lipinski definition) is 5. The molecule has 152 valence electrons. The number of para-hydroxylation sites is 1. The van der Waals surface area contributed by atoms with E-state index in [1.807, 2.05) is 23.1 Å². The van der Waals surface area contributed by atoms with Gasteiger partial charge in [-0.15, -0.1) is 24.8 Å². The summed E-state index contributed by atoms with van der Waals surface area (Å²) in [4.78, 5) is 32.8. The average molecular weight is 426 g/mol. The largest absolute Gasteiger partial charge is 0.398 e. The lowest BCUT2D eigenvalue weighted by atomic mass is 10.1. The van der Waals surface area contributed by atoms with Gasteiger partial charge in [0.2, 0.25) is 5.91 Å². The Balaban J connectivity index is 0.00000196. The van der Waals surface area contributed by atoms with Crippen molar-refractivity contribution >= 4 is 48.1 Å². The number of piperazine rings is 1. The Labute approximate surface area is 177 Å². The second kappa shape index (κ2) is 11.4. The summed E-state index contributed by atoms with van der Waals surface area (Å²) in [5.74, 6) is 0.732. The number of amides is 2. The van der Waals surface area contributed by atoms with Crippen molar-refractivity contribution < 1.29 is 9.59 Å². The van der Waals surface area contributed by atoms with E-state index in [0.717, 1.165) is 18.9 Å². The first-order valence-corrected chi connectivity index (χ1v) is 8.71. The van der Waals surface area contributed by atoms with Crippen molar-refractivity contribution in [3.63, 3.8) is 0 Å². The van der Waals surface area contributed by atoms with Gasteiger partial charge in [0.15, 0.2) is 0 Å². The molecule has 2 amide bonds. The van der Waals surface area contributed by atoms with Crippen LogP contribution in [0.25, 0.3) is 0 Å². The van der Waals surface area contributed by atoms with Crippen molar-refractivity contribution in [3.05, 3.63) is 54.2 Å². The van der Waals surface area contributed by atoms with E-state index in [0.29, 0.717) is 30.9 Å². The number of carbonyl (C=O) groups excluding carboxylic acids is 2. The van der Waals surface area contributed by atoms with Gasteiger partial charge in [0.05, 0.1) is 5.56 Å². The zero-order valence-electron chi connectivity index (χ0n) is 15.4. The molecule has 2 heterocycles. The molecule has 0 saturated carbocycles. The first kappa shape index (κ1) is 23.5. The number of halogens is 2. The molecule has 0 unspecified atom stereocenters. The number of nitrogen functional groups attached to an aromatic ring is 1. The third kappa shape index (κ3) is 6.00. The van der Waals surface area contributed by atoms with Crippen LogP contribution in [0.15, 0.2) is 48.7 Å². The van der Waals surface area contributed by atoms with Gasteiger partial charge in [-0.25, -0.2) is 4.98 Å². The molecular formula is C19H25Cl2N5O2. The third-order valence-electron chi connectivity index (χ3n) is 4.44. The smallest absolute Gasteiger partial charge is 0.253 e. The van der Waals surface area contributed by atoms with Crippen LogP contribution in [-0.2, 0) is 4.79 Å². The Kier molecular flexibility index (Phi) is 9.55. The minimum Gasteiger partial charge on any atom is -0.398 e. The molecule has 1 aromatic carbocycles. The molecule has 0 radical (unpaired) electrons. The molecule has 0 bridgehead atoms.